The third-order valence-electron chi connectivity index (χ3n) is 4.18. The Balaban J connectivity index is 2.01. The number of ether oxygens (including phenoxy) is 1. The van der Waals surface area contributed by atoms with Gasteiger partial charge in [0, 0.05) is 15.8 Å². The molecule has 1 fully saturated rings. The Bertz CT molecular complexity index is 406. The van der Waals surface area contributed by atoms with E-state index in [4.69, 9.17) is 4.74 Å². The summed E-state index contributed by atoms with van der Waals surface area (Å²) in [6.07, 6.45) is 2.83. The summed E-state index contributed by atoms with van der Waals surface area (Å²) in [5.41, 5.74) is 1.98. The summed E-state index contributed by atoms with van der Waals surface area (Å²) in [5.74, 6) is 0. The first-order valence-electron chi connectivity index (χ1n) is 5.97. The molecule has 16 heavy (non-hydrogen) atoms. The van der Waals surface area contributed by atoms with Crippen molar-refractivity contribution in [1.29, 1.82) is 0 Å². The van der Waals surface area contributed by atoms with Crippen molar-refractivity contribution in [3.8, 4) is 0 Å². The molecule has 1 saturated carbocycles. The summed E-state index contributed by atoms with van der Waals surface area (Å²) < 4.78 is 6.14. The van der Waals surface area contributed by atoms with Crippen LogP contribution in [-0.2, 0) is 10.2 Å². The minimum Gasteiger partial charge on any atom is -0.370 e. The molecular formula is C13H19NOS. The fourth-order valence-corrected chi connectivity index (χ4v) is 3.84. The first-order valence-corrected chi connectivity index (χ1v) is 6.85. The van der Waals surface area contributed by atoms with Crippen molar-refractivity contribution >= 4 is 11.3 Å². The number of nitrogens with one attached hydrogen (secondary N) is 1. The van der Waals surface area contributed by atoms with Crippen LogP contribution in [0, 0.1) is 0 Å². The summed E-state index contributed by atoms with van der Waals surface area (Å²) in [5, 5.41) is 5.59. The lowest BCUT2D eigenvalue weighted by molar-refractivity contribution is -0.0241. The van der Waals surface area contributed by atoms with Gasteiger partial charge in [0.05, 0.1) is 6.61 Å². The number of hydrogen-bond acceptors (Lipinski definition) is 3. The summed E-state index contributed by atoms with van der Waals surface area (Å²) >= 11 is 1.85. The lowest BCUT2D eigenvalue weighted by Crippen LogP contribution is -2.46. The Labute approximate surface area is 101 Å². The predicted molar refractivity (Wildman–Crippen MR) is 67.1 cm³/mol. The van der Waals surface area contributed by atoms with Gasteiger partial charge in [0.2, 0.25) is 0 Å². The van der Waals surface area contributed by atoms with Crippen molar-refractivity contribution in [3.05, 3.63) is 21.9 Å². The van der Waals surface area contributed by atoms with E-state index in [0.717, 1.165) is 6.61 Å². The molecule has 1 aliphatic carbocycles. The van der Waals surface area contributed by atoms with Crippen LogP contribution in [0.5, 0.6) is 0 Å². The van der Waals surface area contributed by atoms with Gasteiger partial charge in [-0.1, -0.05) is 0 Å². The van der Waals surface area contributed by atoms with Gasteiger partial charge in [0.15, 0.2) is 0 Å². The molecule has 1 aliphatic heterocycles. The Morgan fingerprint density at radius 3 is 2.88 bits per heavy atom. The van der Waals surface area contributed by atoms with Crippen molar-refractivity contribution < 1.29 is 4.74 Å². The molecule has 2 heterocycles. The zero-order chi connectivity index (χ0) is 11.4. The summed E-state index contributed by atoms with van der Waals surface area (Å²) in [4.78, 5) is 1.45. The molecule has 2 nitrogen and oxygen atoms in total. The van der Waals surface area contributed by atoms with Crippen molar-refractivity contribution in [1.82, 2.24) is 5.32 Å². The monoisotopic (exact) mass is 237 g/mol. The van der Waals surface area contributed by atoms with E-state index in [1.54, 1.807) is 5.56 Å². The first-order chi connectivity index (χ1) is 7.59. The number of hydrogen-bond donors (Lipinski definition) is 1. The lowest BCUT2D eigenvalue weighted by atomic mass is 9.86. The Hall–Kier alpha value is -0.380. The zero-order valence-electron chi connectivity index (χ0n) is 10.2. The third-order valence-corrected chi connectivity index (χ3v) is 5.14. The van der Waals surface area contributed by atoms with Gasteiger partial charge in [-0.3, -0.25) is 0 Å². The van der Waals surface area contributed by atoms with E-state index in [2.05, 4.69) is 30.6 Å². The molecule has 2 aliphatic rings. The molecule has 1 N–H and O–H groups in total. The van der Waals surface area contributed by atoms with Crippen LogP contribution in [-0.4, -0.2) is 19.2 Å². The highest BCUT2D eigenvalue weighted by atomic mass is 32.1. The van der Waals surface area contributed by atoms with E-state index >= 15 is 0 Å². The van der Waals surface area contributed by atoms with Crippen LogP contribution in [0.1, 0.15) is 43.2 Å². The van der Waals surface area contributed by atoms with E-state index in [1.165, 1.54) is 17.7 Å². The molecule has 1 spiro atoms. The van der Waals surface area contributed by atoms with Gasteiger partial charge in [-0.2, -0.15) is 0 Å². The maximum absolute atomic E-state index is 6.14. The summed E-state index contributed by atoms with van der Waals surface area (Å²) in [6, 6.07) is 2.31. The molecular weight excluding hydrogens is 218 g/mol. The minimum absolute atomic E-state index is 0.0100. The van der Waals surface area contributed by atoms with Crippen LogP contribution in [0.15, 0.2) is 11.4 Å². The van der Waals surface area contributed by atoms with E-state index in [1.807, 2.05) is 18.4 Å². The van der Waals surface area contributed by atoms with Gasteiger partial charge in [0.1, 0.15) is 6.10 Å². The lowest BCUT2D eigenvalue weighted by Gasteiger charge is -2.39. The number of fused-ring (bicyclic) bond motifs is 2. The molecule has 0 amide bonds. The standard InChI is InChI=1S/C13H19NOS/c1-12(2,14-3)11-10-9(4-7-16-10)13(5-6-13)8-15-11/h4,7,11,14H,5-6,8H2,1-3H3. The second-order valence-electron chi connectivity index (χ2n) is 5.64. The normalized spacial score (nSPS) is 26.8. The Kier molecular flexibility index (Phi) is 2.23. The summed E-state index contributed by atoms with van der Waals surface area (Å²) in [6.45, 7) is 5.34. The second-order valence-corrected chi connectivity index (χ2v) is 6.59. The van der Waals surface area contributed by atoms with E-state index in [-0.39, 0.29) is 11.6 Å². The van der Waals surface area contributed by atoms with Crippen molar-refractivity contribution in [3.63, 3.8) is 0 Å². The molecule has 1 aromatic heterocycles. The smallest absolute Gasteiger partial charge is 0.109 e. The molecule has 0 saturated heterocycles. The van der Waals surface area contributed by atoms with Crippen LogP contribution >= 0.6 is 11.3 Å². The number of likely N-dealkylation sites (N-methyl/N-ethyl adjacent to an activating group) is 1. The maximum Gasteiger partial charge on any atom is 0.109 e. The van der Waals surface area contributed by atoms with Crippen molar-refractivity contribution in [2.45, 2.75) is 43.7 Å². The van der Waals surface area contributed by atoms with E-state index in [9.17, 15) is 0 Å². The molecule has 0 bridgehead atoms. The highest BCUT2D eigenvalue weighted by Gasteiger charge is 2.52. The quantitative estimate of drug-likeness (QED) is 0.854. The highest BCUT2D eigenvalue weighted by molar-refractivity contribution is 7.10. The fourth-order valence-electron chi connectivity index (χ4n) is 2.59. The molecule has 3 rings (SSSR count). The predicted octanol–water partition coefficient (Wildman–Crippen LogP) is 2.85. The van der Waals surface area contributed by atoms with Crippen LogP contribution in [0.3, 0.4) is 0 Å². The van der Waals surface area contributed by atoms with Crippen LogP contribution < -0.4 is 5.32 Å². The average Bonchev–Trinajstić information content (AvgIpc) is 2.86. The zero-order valence-corrected chi connectivity index (χ0v) is 11.0. The van der Waals surface area contributed by atoms with E-state index < -0.39 is 0 Å². The van der Waals surface area contributed by atoms with Crippen molar-refractivity contribution in [2.75, 3.05) is 13.7 Å². The topological polar surface area (TPSA) is 21.3 Å². The van der Waals surface area contributed by atoms with Crippen LogP contribution in [0.4, 0.5) is 0 Å². The number of rotatable bonds is 2. The summed E-state index contributed by atoms with van der Waals surface area (Å²) in [7, 11) is 2.01. The van der Waals surface area contributed by atoms with Gasteiger partial charge in [-0.05, 0) is 50.7 Å². The maximum atomic E-state index is 6.14. The molecule has 1 aromatic rings. The second kappa shape index (κ2) is 3.31. The third kappa shape index (κ3) is 1.38. The Morgan fingerprint density at radius 1 is 1.50 bits per heavy atom. The Morgan fingerprint density at radius 2 is 2.25 bits per heavy atom. The average molecular weight is 237 g/mol. The minimum atomic E-state index is 0.0100. The van der Waals surface area contributed by atoms with Gasteiger partial charge < -0.3 is 10.1 Å². The molecule has 0 radical (unpaired) electrons. The van der Waals surface area contributed by atoms with Gasteiger partial charge in [0.25, 0.3) is 0 Å². The fraction of sp³-hybridized carbons (Fsp3) is 0.692. The van der Waals surface area contributed by atoms with Gasteiger partial charge in [-0.15, -0.1) is 11.3 Å². The highest BCUT2D eigenvalue weighted by Crippen LogP contribution is 2.56. The van der Waals surface area contributed by atoms with Crippen LogP contribution in [0.25, 0.3) is 0 Å². The molecule has 88 valence electrons. The molecule has 1 atom stereocenters. The largest absolute Gasteiger partial charge is 0.370 e. The molecule has 1 unspecified atom stereocenters. The SMILES string of the molecule is CNC(C)(C)C1OCC2(CC2)c2ccsc21. The van der Waals surface area contributed by atoms with Crippen LogP contribution in [0.2, 0.25) is 0 Å². The van der Waals surface area contributed by atoms with Gasteiger partial charge >= 0.3 is 0 Å². The number of thiophene rings is 1. The molecule has 0 aromatic carbocycles. The molecule has 3 heteroatoms. The van der Waals surface area contributed by atoms with Crippen molar-refractivity contribution in [2.24, 2.45) is 0 Å². The van der Waals surface area contributed by atoms with E-state index in [0.29, 0.717) is 5.41 Å². The first kappa shape index (κ1) is 10.8. The van der Waals surface area contributed by atoms with Gasteiger partial charge in [-0.25, -0.2) is 0 Å².